The van der Waals surface area contributed by atoms with Crippen molar-refractivity contribution in [2.75, 3.05) is 25.0 Å². The van der Waals surface area contributed by atoms with Crippen LogP contribution in [-0.2, 0) is 14.8 Å². The number of halogens is 2. The lowest BCUT2D eigenvalue weighted by Gasteiger charge is -2.34. The van der Waals surface area contributed by atoms with E-state index in [2.05, 4.69) is 12.2 Å². The van der Waals surface area contributed by atoms with Crippen LogP contribution in [0, 0.1) is 0 Å². The Kier molecular flexibility index (Phi) is 10.5. The van der Waals surface area contributed by atoms with Crippen LogP contribution in [0.3, 0.4) is 0 Å². The molecule has 2 aromatic rings. The molecule has 1 aliphatic heterocycles. The zero-order valence-electron chi connectivity index (χ0n) is 20.9. The largest absolute Gasteiger partial charge is 0.490 e. The zero-order valence-corrected chi connectivity index (χ0v) is 23.3. The number of anilines is 1. The van der Waals surface area contributed by atoms with E-state index in [-0.39, 0.29) is 32.7 Å². The Labute approximate surface area is 224 Å². The highest BCUT2D eigenvalue weighted by molar-refractivity contribution is 7.89. The average molecular weight is 558 g/mol. The van der Waals surface area contributed by atoms with Crippen LogP contribution >= 0.6 is 23.2 Å². The molecule has 2 atom stereocenters. The van der Waals surface area contributed by atoms with E-state index in [0.717, 1.165) is 12.8 Å². The van der Waals surface area contributed by atoms with Gasteiger partial charge in [-0.05, 0) is 56.7 Å². The van der Waals surface area contributed by atoms with Gasteiger partial charge < -0.3 is 14.8 Å². The van der Waals surface area contributed by atoms with Gasteiger partial charge in [-0.25, -0.2) is 8.42 Å². The number of morpholine rings is 1. The van der Waals surface area contributed by atoms with Crippen molar-refractivity contribution in [2.45, 2.75) is 70.0 Å². The number of ether oxygens (including phenoxy) is 2. The summed E-state index contributed by atoms with van der Waals surface area (Å²) in [6.45, 7) is 6.97. The fourth-order valence-corrected chi connectivity index (χ4v) is 6.28. The molecule has 0 spiro atoms. The van der Waals surface area contributed by atoms with E-state index in [1.165, 1.54) is 47.8 Å². The first kappa shape index (κ1) is 28.7. The number of nitrogens with zero attached hydrogens (tertiary/aromatic N) is 1. The van der Waals surface area contributed by atoms with Crippen molar-refractivity contribution >= 4 is 44.8 Å². The first-order valence-corrected chi connectivity index (χ1v) is 14.5. The predicted octanol–water partition coefficient (Wildman–Crippen LogP) is 6.39. The van der Waals surface area contributed by atoms with Gasteiger partial charge in [0.2, 0.25) is 10.0 Å². The Morgan fingerprint density at radius 3 is 2.19 bits per heavy atom. The number of hydrogen-bond donors (Lipinski definition) is 1. The number of nitrogens with one attached hydrogen (secondary N) is 1. The predicted molar refractivity (Wildman–Crippen MR) is 144 cm³/mol. The maximum Gasteiger partial charge on any atom is 0.255 e. The summed E-state index contributed by atoms with van der Waals surface area (Å²) in [4.78, 5) is 12.9. The molecule has 1 heterocycles. The number of carbonyl (C=O) groups is 1. The molecule has 2 unspecified atom stereocenters. The van der Waals surface area contributed by atoms with Crippen LogP contribution in [0.4, 0.5) is 5.69 Å². The van der Waals surface area contributed by atoms with Gasteiger partial charge in [-0.2, -0.15) is 4.31 Å². The molecule has 0 radical (unpaired) electrons. The van der Waals surface area contributed by atoms with E-state index in [1.807, 2.05) is 13.8 Å². The summed E-state index contributed by atoms with van der Waals surface area (Å²) in [5.74, 6) is -0.0527. The highest BCUT2D eigenvalue weighted by atomic mass is 35.5. The molecule has 1 fully saturated rings. The third kappa shape index (κ3) is 7.59. The summed E-state index contributed by atoms with van der Waals surface area (Å²) in [5.41, 5.74) is 0.718. The highest BCUT2D eigenvalue weighted by Crippen LogP contribution is 2.35. The van der Waals surface area contributed by atoms with E-state index in [4.69, 9.17) is 32.7 Å². The normalized spacial score (nSPS) is 18.7. The molecular formula is C26H34Cl2N2O5S. The van der Waals surface area contributed by atoms with Gasteiger partial charge in [0, 0.05) is 24.3 Å². The molecule has 0 saturated carbocycles. The number of rotatable bonds is 11. The number of sulfonamides is 1. The van der Waals surface area contributed by atoms with Crippen molar-refractivity contribution in [3.05, 3.63) is 52.0 Å². The third-order valence-electron chi connectivity index (χ3n) is 5.89. The van der Waals surface area contributed by atoms with Crippen molar-refractivity contribution in [2.24, 2.45) is 0 Å². The first-order valence-electron chi connectivity index (χ1n) is 12.3. The summed E-state index contributed by atoms with van der Waals surface area (Å²) in [5, 5.41) is 3.27. The second kappa shape index (κ2) is 13.1. The molecule has 2 aromatic carbocycles. The molecule has 1 amide bonds. The molecule has 1 aliphatic rings. The van der Waals surface area contributed by atoms with E-state index >= 15 is 0 Å². The summed E-state index contributed by atoms with van der Waals surface area (Å²) >= 11 is 12.7. The summed E-state index contributed by atoms with van der Waals surface area (Å²) in [6, 6.07) is 9.08. The second-order valence-electron chi connectivity index (χ2n) is 9.09. The van der Waals surface area contributed by atoms with E-state index < -0.39 is 15.9 Å². The van der Waals surface area contributed by atoms with Gasteiger partial charge in [-0.15, -0.1) is 0 Å². The van der Waals surface area contributed by atoms with Gasteiger partial charge in [0.25, 0.3) is 5.91 Å². The van der Waals surface area contributed by atoms with Crippen molar-refractivity contribution in [1.29, 1.82) is 0 Å². The molecule has 1 saturated heterocycles. The SMILES string of the molecule is CCCCCCCOc1c(Cl)cc(C(=O)Nc2ccc(S(=O)(=O)N3CC(C)OC(C)C3)cc2)cc1Cl. The van der Waals surface area contributed by atoms with Gasteiger partial charge >= 0.3 is 0 Å². The Bertz CT molecular complexity index is 1110. The highest BCUT2D eigenvalue weighted by Gasteiger charge is 2.32. The number of unbranched alkanes of at least 4 members (excludes halogenated alkanes) is 4. The minimum Gasteiger partial charge on any atom is -0.490 e. The van der Waals surface area contributed by atoms with Crippen molar-refractivity contribution in [3.63, 3.8) is 0 Å². The van der Waals surface area contributed by atoms with Gasteiger partial charge in [0.05, 0.1) is 33.8 Å². The Morgan fingerprint density at radius 1 is 1.03 bits per heavy atom. The number of hydrogen-bond acceptors (Lipinski definition) is 5. The number of carbonyl (C=O) groups excluding carboxylic acids is 1. The molecular weight excluding hydrogens is 523 g/mol. The molecule has 7 nitrogen and oxygen atoms in total. The summed E-state index contributed by atoms with van der Waals surface area (Å²) < 4.78 is 38.9. The minimum atomic E-state index is -3.66. The summed E-state index contributed by atoms with van der Waals surface area (Å²) in [7, 11) is -3.66. The standard InChI is InChI=1S/C26H34Cl2N2O5S/c1-4-5-6-7-8-13-34-25-23(27)14-20(15-24(25)28)26(31)29-21-9-11-22(12-10-21)36(32,33)30-16-18(2)35-19(3)17-30/h9-12,14-15,18-19H,4-8,13,16-17H2,1-3H3,(H,29,31). The topological polar surface area (TPSA) is 84.9 Å². The molecule has 0 aliphatic carbocycles. The van der Waals surface area contributed by atoms with Gasteiger partial charge in [-0.3, -0.25) is 4.79 Å². The Morgan fingerprint density at radius 2 is 1.61 bits per heavy atom. The molecule has 1 N–H and O–H groups in total. The lowest BCUT2D eigenvalue weighted by atomic mass is 10.1. The van der Waals surface area contributed by atoms with E-state index in [0.29, 0.717) is 31.1 Å². The maximum atomic E-state index is 13.0. The fourth-order valence-electron chi connectivity index (χ4n) is 4.10. The fraction of sp³-hybridized carbons (Fsp3) is 0.500. The van der Waals surface area contributed by atoms with Gasteiger partial charge in [0.15, 0.2) is 5.75 Å². The van der Waals surface area contributed by atoms with Crippen LogP contribution in [-0.4, -0.2) is 50.5 Å². The van der Waals surface area contributed by atoms with Crippen LogP contribution < -0.4 is 10.1 Å². The Balaban J connectivity index is 1.62. The quantitative estimate of drug-likeness (QED) is 0.324. The molecule has 198 valence electrons. The number of amides is 1. The third-order valence-corrected chi connectivity index (χ3v) is 8.30. The van der Waals surface area contributed by atoms with E-state index in [1.54, 1.807) is 12.1 Å². The van der Waals surface area contributed by atoms with Crippen LogP contribution in [0.2, 0.25) is 10.0 Å². The van der Waals surface area contributed by atoms with Crippen molar-refractivity contribution < 1.29 is 22.7 Å². The second-order valence-corrected chi connectivity index (χ2v) is 11.8. The maximum absolute atomic E-state index is 13.0. The van der Waals surface area contributed by atoms with E-state index in [9.17, 15) is 13.2 Å². The van der Waals surface area contributed by atoms with Crippen LogP contribution in [0.1, 0.15) is 63.2 Å². The molecule has 0 aromatic heterocycles. The lowest BCUT2D eigenvalue weighted by molar-refractivity contribution is -0.0440. The molecule has 0 bridgehead atoms. The molecule has 3 rings (SSSR count). The van der Waals surface area contributed by atoms with Crippen molar-refractivity contribution in [1.82, 2.24) is 4.31 Å². The van der Waals surface area contributed by atoms with Crippen LogP contribution in [0.15, 0.2) is 41.3 Å². The minimum absolute atomic E-state index is 0.157. The lowest BCUT2D eigenvalue weighted by Crippen LogP contribution is -2.48. The number of benzene rings is 2. The molecule has 10 heteroatoms. The Hall–Kier alpha value is -1.84. The molecule has 36 heavy (non-hydrogen) atoms. The smallest absolute Gasteiger partial charge is 0.255 e. The van der Waals surface area contributed by atoms with Crippen molar-refractivity contribution in [3.8, 4) is 5.75 Å². The summed E-state index contributed by atoms with van der Waals surface area (Å²) in [6.07, 6.45) is 5.18. The zero-order chi connectivity index (χ0) is 26.3. The monoisotopic (exact) mass is 556 g/mol. The van der Waals surface area contributed by atoms with Gasteiger partial charge in [-0.1, -0.05) is 55.8 Å². The van der Waals surface area contributed by atoms with Crippen LogP contribution in [0.5, 0.6) is 5.75 Å². The van der Waals surface area contributed by atoms with Crippen LogP contribution in [0.25, 0.3) is 0 Å². The first-order chi connectivity index (χ1) is 17.1. The average Bonchev–Trinajstić information content (AvgIpc) is 2.82. The van der Waals surface area contributed by atoms with Gasteiger partial charge in [0.1, 0.15) is 0 Å².